The molecular weight excluding hydrogens is 183 g/mol. The van der Waals surface area contributed by atoms with Gasteiger partial charge in [-0.15, -0.1) is 6.58 Å². The van der Waals surface area contributed by atoms with Gasteiger partial charge in [0.1, 0.15) is 0 Å². The van der Waals surface area contributed by atoms with E-state index in [1.54, 1.807) is 6.92 Å². The van der Waals surface area contributed by atoms with Gasteiger partial charge in [-0.3, -0.25) is 4.79 Å². The molecule has 0 spiro atoms. The van der Waals surface area contributed by atoms with Gasteiger partial charge in [0.15, 0.2) is 0 Å². The Kier molecular flexibility index (Phi) is 3.97. The molecule has 76 valence electrons. The monoisotopic (exact) mass is 195 g/mol. The number of rotatable bonds is 3. The van der Waals surface area contributed by atoms with Crippen molar-refractivity contribution in [2.45, 2.75) is 13.1 Å². The molecule has 0 fully saturated rings. The molecule has 0 radical (unpaired) electrons. The zero-order chi connectivity index (χ0) is 10.6. The van der Waals surface area contributed by atoms with Crippen molar-refractivity contribution in [3.05, 3.63) is 12.7 Å². The fourth-order valence-electron chi connectivity index (χ4n) is 0.806. The zero-order valence-corrected chi connectivity index (χ0v) is 7.56. The Bertz CT molecular complexity index is 200. The molecule has 0 aliphatic carbocycles. The topological polar surface area (TPSA) is 20.3 Å². The molecule has 0 aliphatic rings. The predicted octanol–water partition coefficient (Wildman–Crippen LogP) is 1.83. The maximum Gasteiger partial charge on any atom is 0.471 e. The van der Waals surface area contributed by atoms with Gasteiger partial charge in [0, 0.05) is 13.6 Å². The fourth-order valence-corrected chi connectivity index (χ4v) is 0.806. The zero-order valence-electron chi connectivity index (χ0n) is 7.56. The van der Waals surface area contributed by atoms with Crippen molar-refractivity contribution in [3.8, 4) is 0 Å². The Hall–Kier alpha value is -1.00. The number of hydrogen-bond acceptors (Lipinski definition) is 1. The molecule has 0 saturated carbocycles. The Morgan fingerprint density at radius 3 is 2.38 bits per heavy atom. The smallest absolute Gasteiger partial charge is 0.337 e. The highest BCUT2D eigenvalue weighted by Gasteiger charge is 2.41. The maximum atomic E-state index is 11.8. The van der Waals surface area contributed by atoms with E-state index in [2.05, 4.69) is 6.58 Å². The van der Waals surface area contributed by atoms with Crippen molar-refractivity contribution in [1.82, 2.24) is 4.90 Å². The summed E-state index contributed by atoms with van der Waals surface area (Å²) in [6.45, 7) is 5.13. The molecule has 0 aliphatic heterocycles. The van der Waals surface area contributed by atoms with E-state index in [-0.39, 0.29) is 12.5 Å². The van der Waals surface area contributed by atoms with Crippen LogP contribution in [0.1, 0.15) is 6.92 Å². The minimum absolute atomic E-state index is 0.0296. The predicted molar refractivity (Wildman–Crippen MR) is 43.1 cm³/mol. The van der Waals surface area contributed by atoms with E-state index in [0.29, 0.717) is 4.90 Å². The first-order valence-corrected chi connectivity index (χ1v) is 3.74. The van der Waals surface area contributed by atoms with Crippen LogP contribution in [0.15, 0.2) is 12.7 Å². The average molecular weight is 195 g/mol. The molecule has 2 nitrogen and oxygen atoms in total. The summed E-state index contributed by atoms with van der Waals surface area (Å²) >= 11 is 0. The Balaban J connectivity index is 4.20. The second kappa shape index (κ2) is 4.30. The van der Waals surface area contributed by atoms with Crippen LogP contribution in [-0.2, 0) is 4.79 Å². The van der Waals surface area contributed by atoms with Gasteiger partial charge in [-0.2, -0.15) is 13.2 Å². The third kappa shape index (κ3) is 3.96. The first kappa shape index (κ1) is 12.0. The minimum atomic E-state index is -4.78. The van der Waals surface area contributed by atoms with Crippen LogP contribution >= 0.6 is 0 Å². The summed E-state index contributed by atoms with van der Waals surface area (Å²) in [5.74, 6) is -1.96. The highest BCUT2D eigenvalue weighted by Crippen LogP contribution is 2.18. The molecule has 0 aromatic rings. The van der Waals surface area contributed by atoms with Crippen molar-refractivity contribution in [2.75, 3.05) is 13.6 Å². The van der Waals surface area contributed by atoms with Crippen LogP contribution in [-0.4, -0.2) is 30.6 Å². The molecule has 1 atom stereocenters. The molecular formula is C8H12F3NO. The lowest BCUT2D eigenvalue weighted by atomic mass is 10.2. The number of halogens is 3. The molecule has 1 amide bonds. The summed E-state index contributed by atoms with van der Waals surface area (Å²) in [6.07, 6.45) is -3.28. The van der Waals surface area contributed by atoms with E-state index < -0.39 is 12.1 Å². The van der Waals surface area contributed by atoms with Gasteiger partial charge in [0.05, 0.1) is 0 Å². The van der Waals surface area contributed by atoms with Crippen LogP contribution in [0.25, 0.3) is 0 Å². The molecule has 0 aromatic carbocycles. The second-order valence-corrected chi connectivity index (χ2v) is 2.90. The third-order valence-corrected chi connectivity index (χ3v) is 1.55. The lowest BCUT2D eigenvalue weighted by Crippen LogP contribution is -2.40. The molecule has 1 unspecified atom stereocenters. The lowest BCUT2D eigenvalue weighted by molar-refractivity contribution is -0.184. The molecule has 0 bridgehead atoms. The number of amides is 1. The largest absolute Gasteiger partial charge is 0.471 e. The summed E-state index contributed by atoms with van der Waals surface area (Å²) in [6, 6.07) is 0. The Morgan fingerprint density at radius 1 is 1.62 bits per heavy atom. The van der Waals surface area contributed by atoms with Gasteiger partial charge in [-0.25, -0.2) is 0 Å². The third-order valence-electron chi connectivity index (χ3n) is 1.55. The molecule has 0 heterocycles. The molecule has 5 heteroatoms. The van der Waals surface area contributed by atoms with Crippen LogP contribution < -0.4 is 0 Å². The summed E-state index contributed by atoms with van der Waals surface area (Å²) in [4.78, 5) is 11.2. The number of alkyl halides is 3. The summed E-state index contributed by atoms with van der Waals surface area (Å²) in [5.41, 5.74) is 0. The first-order chi connectivity index (χ1) is 5.79. The van der Waals surface area contributed by atoms with Crippen LogP contribution in [0, 0.1) is 5.92 Å². The highest BCUT2D eigenvalue weighted by atomic mass is 19.4. The van der Waals surface area contributed by atoms with Gasteiger partial charge in [0.2, 0.25) is 0 Å². The molecule has 0 aromatic heterocycles. The maximum absolute atomic E-state index is 11.8. The van der Waals surface area contributed by atoms with E-state index in [1.165, 1.54) is 6.08 Å². The molecule has 0 rings (SSSR count). The molecule has 0 saturated heterocycles. The number of hydrogen-bond donors (Lipinski definition) is 0. The normalized spacial score (nSPS) is 13.6. The fraction of sp³-hybridized carbons (Fsp3) is 0.625. The van der Waals surface area contributed by atoms with Crippen molar-refractivity contribution in [1.29, 1.82) is 0 Å². The van der Waals surface area contributed by atoms with Crippen molar-refractivity contribution in [3.63, 3.8) is 0 Å². The van der Waals surface area contributed by atoms with Crippen LogP contribution in [0.4, 0.5) is 13.2 Å². The molecule has 0 N–H and O–H groups in total. The SMILES string of the molecule is C=CC(C)CN(C)C(=O)C(F)(F)F. The summed E-state index contributed by atoms with van der Waals surface area (Å²) in [5, 5.41) is 0. The first-order valence-electron chi connectivity index (χ1n) is 3.74. The van der Waals surface area contributed by atoms with Crippen LogP contribution in [0.2, 0.25) is 0 Å². The van der Waals surface area contributed by atoms with E-state index >= 15 is 0 Å². The van der Waals surface area contributed by atoms with Crippen molar-refractivity contribution in [2.24, 2.45) is 5.92 Å². The standard InChI is InChI=1S/C8H12F3NO/c1-4-6(2)5-12(3)7(13)8(9,10)11/h4,6H,1,5H2,2-3H3. The van der Waals surface area contributed by atoms with E-state index in [1.807, 2.05) is 0 Å². The number of nitrogens with zero attached hydrogens (tertiary/aromatic N) is 1. The quantitative estimate of drug-likeness (QED) is 0.629. The van der Waals surface area contributed by atoms with E-state index in [4.69, 9.17) is 0 Å². The van der Waals surface area contributed by atoms with Crippen LogP contribution in [0.3, 0.4) is 0 Å². The Morgan fingerprint density at radius 2 is 2.08 bits per heavy atom. The van der Waals surface area contributed by atoms with E-state index in [9.17, 15) is 18.0 Å². The lowest BCUT2D eigenvalue weighted by Gasteiger charge is -2.20. The van der Waals surface area contributed by atoms with E-state index in [0.717, 1.165) is 7.05 Å². The highest BCUT2D eigenvalue weighted by molar-refractivity contribution is 5.81. The average Bonchev–Trinajstić information content (AvgIpc) is 2.01. The number of carbonyl (C=O) groups is 1. The number of carbonyl (C=O) groups excluding carboxylic acids is 1. The van der Waals surface area contributed by atoms with Gasteiger partial charge < -0.3 is 4.90 Å². The van der Waals surface area contributed by atoms with Gasteiger partial charge in [-0.1, -0.05) is 13.0 Å². The minimum Gasteiger partial charge on any atom is -0.337 e. The van der Waals surface area contributed by atoms with Crippen molar-refractivity contribution < 1.29 is 18.0 Å². The van der Waals surface area contributed by atoms with Crippen LogP contribution in [0.5, 0.6) is 0 Å². The van der Waals surface area contributed by atoms with Gasteiger partial charge in [0.25, 0.3) is 0 Å². The molecule has 13 heavy (non-hydrogen) atoms. The van der Waals surface area contributed by atoms with Crippen molar-refractivity contribution >= 4 is 5.91 Å². The Labute approximate surface area is 75.0 Å². The van der Waals surface area contributed by atoms with Gasteiger partial charge >= 0.3 is 12.1 Å². The summed E-state index contributed by atoms with van der Waals surface area (Å²) in [7, 11) is 1.12. The second-order valence-electron chi connectivity index (χ2n) is 2.90. The van der Waals surface area contributed by atoms with Gasteiger partial charge in [-0.05, 0) is 5.92 Å². The summed E-state index contributed by atoms with van der Waals surface area (Å²) < 4.78 is 35.5.